The van der Waals surface area contributed by atoms with Crippen molar-refractivity contribution in [3.63, 3.8) is 0 Å². The zero-order valence-electron chi connectivity index (χ0n) is 34.6. The Morgan fingerprint density at radius 1 is 0.566 bits per heavy atom. The SMILES string of the molecule is CC/C=C/C=C/C=C\C=C/C=C/CC(CC(=O)NC(CO)C(O)CCCCCCCCCCCCC)OC(=O)CCCCCCCCCCCCCC. The van der Waals surface area contributed by atoms with Gasteiger partial charge in [-0.3, -0.25) is 9.59 Å². The van der Waals surface area contributed by atoms with Crippen LogP contribution in [0.2, 0.25) is 0 Å². The molecule has 0 fully saturated rings. The lowest BCUT2D eigenvalue weighted by Crippen LogP contribution is -2.46. The number of rotatable bonds is 38. The Morgan fingerprint density at radius 2 is 0.981 bits per heavy atom. The Bertz CT molecular complexity index is 968. The molecule has 3 N–H and O–H groups in total. The van der Waals surface area contributed by atoms with Gasteiger partial charge in [0.25, 0.3) is 0 Å². The molecule has 0 aromatic rings. The van der Waals surface area contributed by atoms with E-state index in [1.54, 1.807) is 0 Å². The molecule has 0 heterocycles. The number of nitrogens with one attached hydrogen (secondary N) is 1. The maximum absolute atomic E-state index is 13.1. The van der Waals surface area contributed by atoms with E-state index in [0.29, 0.717) is 19.3 Å². The van der Waals surface area contributed by atoms with E-state index in [2.05, 4.69) is 32.2 Å². The fourth-order valence-electron chi connectivity index (χ4n) is 6.39. The first kappa shape index (κ1) is 50.6. The summed E-state index contributed by atoms with van der Waals surface area (Å²) in [7, 11) is 0. The molecule has 3 unspecified atom stereocenters. The molecule has 0 aromatic carbocycles. The smallest absolute Gasteiger partial charge is 0.306 e. The van der Waals surface area contributed by atoms with E-state index in [9.17, 15) is 19.8 Å². The predicted octanol–water partition coefficient (Wildman–Crippen LogP) is 12.5. The van der Waals surface area contributed by atoms with Crippen molar-refractivity contribution in [2.24, 2.45) is 0 Å². The molecule has 0 saturated carbocycles. The number of unbranched alkanes of at least 4 members (excludes halogenated alkanes) is 21. The number of allylic oxidation sites excluding steroid dienone is 9. The molecule has 3 atom stereocenters. The molecular formula is C47H83NO5. The Balaban J connectivity index is 4.74. The highest BCUT2D eigenvalue weighted by molar-refractivity contribution is 5.77. The Labute approximate surface area is 327 Å². The average molecular weight is 742 g/mol. The topological polar surface area (TPSA) is 95.9 Å². The van der Waals surface area contributed by atoms with Crippen LogP contribution in [0.25, 0.3) is 0 Å². The minimum atomic E-state index is -0.815. The lowest BCUT2D eigenvalue weighted by atomic mass is 10.0. The van der Waals surface area contributed by atoms with Gasteiger partial charge in [0.2, 0.25) is 5.91 Å². The predicted molar refractivity (Wildman–Crippen MR) is 227 cm³/mol. The monoisotopic (exact) mass is 742 g/mol. The maximum atomic E-state index is 13.1. The summed E-state index contributed by atoms with van der Waals surface area (Å²) < 4.78 is 5.80. The van der Waals surface area contributed by atoms with Crippen LogP contribution in [0.15, 0.2) is 60.8 Å². The Hall–Kier alpha value is -2.44. The van der Waals surface area contributed by atoms with Crippen molar-refractivity contribution in [3.05, 3.63) is 60.8 Å². The van der Waals surface area contributed by atoms with Crippen molar-refractivity contribution < 1.29 is 24.5 Å². The van der Waals surface area contributed by atoms with Gasteiger partial charge in [-0.1, -0.05) is 223 Å². The summed E-state index contributed by atoms with van der Waals surface area (Å²) in [6, 6.07) is -0.736. The first-order chi connectivity index (χ1) is 26.0. The van der Waals surface area contributed by atoms with Crippen molar-refractivity contribution >= 4 is 11.9 Å². The third-order valence-corrected chi connectivity index (χ3v) is 9.74. The van der Waals surface area contributed by atoms with E-state index in [1.807, 2.05) is 54.7 Å². The van der Waals surface area contributed by atoms with Gasteiger partial charge in [0.15, 0.2) is 0 Å². The number of carbonyl (C=O) groups is 2. The van der Waals surface area contributed by atoms with Crippen LogP contribution in [0.3, 0.4) is 0 Å². The second kappa shape index (κ2) is 40.7. The number of amides is 1. The van der Waals surface area contributed by atoms with Crippen molar-refractivity contribution in [2.75, 3.05) is 6.61 Å². The molecular weight excluding hydrogens is 659 g/mol. The summed E-state index contributed by atoms with van der Waals surface area (Å²) in [5.74, 6) is -0.609. The second-order valence-electron chi connectivity index (χ2n) is 14.9. The van der Waals surface area contributed by atoms with Crippen molar-refractivity contribution in [1.29, 1.82) is 0 Å². The molecule has 0 aromatic heterocycles. The summed E-state index contributed by atoms with van der Waals surface area (Å²) in [5.41, 5.74) is 0. The molecule has 306 valence electrons. The number of hydrogen-bond acceptors (Lipinski definition) is 5. The summed E-state index contributed by atoms with van der Waals surface area (Å²) in [5, 5.41) is 23.5. The highest BCUT2D eigenvalue weighted by Gasteiger charge is 2.23. The number of aliphatic hydroxyl groups is 2. The normalized spacial score (nSPS) is 14.0. The number of hydrogen-bond donors (Lipinski definition) is 3. The van der Waals surface area contributed by atoms with Gasteiger partial charge in [0.1, 0.15) is 6.10 Å². The molecule has 0 aliphatic heterocycles. The quantitative estimate of drug-likeness (QED) is 0.0333. The minimum absolute atomic E-state index is 0.0180. The van der Waals surface area contributed by atoms with Crippen LogP contribution in [0.4, 0.5) is 0 Å². The molecule has 0 aliphatic carbocycles. The first-order valence-electron chi connectivity index (χ1n) is 22.1. The summed E-state index contributed by atoms with van der Waals surface area (Å²) in [4.78, 5) is 25.9. The van der Waals surface area contributed by atoms with Crippen LogP contribution in [0.5, 0.6) is 0 Å². The fraction of sp³-hybridized carbons (Fsp3) is 0.745. The highest BCUT2D eigenvalue weighted by Crippen LogP contribution is 2.16. The van der Waals surface area contributed by atoms with Crippen LogP contribution in [-0.4, -0.2) is 46.9 Å². The minimum Gasteiger partial charge on any atom is -0.461 e. The van der Waals surface area contributed by atoms with Gasteiger partial charge in [0.05, 0.1) is 25.2 Å². The molecule has 0 rings (SSSR count). The summed E-state index contributed by atoms with van der Waals surface area (Å²) in [6.07, 6.45) is 48.7. The van der Waals surface area contributed by atoms with Crippen LogP contribution in [0, 0.1) is 0 Å². The van der Waals surface area contributed by atoms with Crippen molar-refractivity contribution in [3.8, 4) is 0 Å². The highest BCUT2D eigenvalue weighted by atomic mass is 16.5. The van der Waals surface area contributed by atoms with E-state index >= 15 is 0 Å². The zero-order chi connectivity index (χ0) is 38.9. The zero-order valence-corrected chi connectivity index (χ0v) is 34.6. The van der Waals surface area contributed by atoms with Crippen molar-refractivity contribution in [2.45, 2.75) is 219 Å². The summed E-state index contributed by atoms with van der Waals surface area (Å²) >= 11 is 0. The van der Waals surface area contributed by atoms with Crippen LogP contribution in [0.1, 0.15) is 201 Å². The maximum Gasteiger partial charge on any atom is 0.306 e. The van der Waals surface area contributed by atoms with Gasteiger partial charge in [-0.05, 0) is 19.3 Å². The number of aliphatic hydroxyl groups excluding tert-OH is 2. The average Bonchev–Trinajstić information content (AvgIpc) is 3.15. The molecule has 1 amide bonds. The van der Waals surface area contributed by atoms with Gasteiger partial charge in [0, 0.05) is 12.8 Å². The van der Waals surface area contributed by atoms with Crippen LogP contribution in [-0.2, 0) is 14.3 Å². The Morgan fingerprint density at radius 3 is 1.43 bits per heavy atom. The third kappa shape index (κ3) is 36.3. The van der Waals surface area contributed by atoms with Gasteiger partial charge in [-0.15, -0.1) is 0 Å². The molecule has 0 aliphatic rings. The van der Waals surface area contributed by atoms with Crippen LogP contribution >= 0.6 is 0 Å². The van der Waals surface area contributed by atoms with Gasteiger partial charge >= 0.3 is 5.97 Å². The molecule has 6 nitrogen and oxygen atoms in total. The lowest BCUT2D eigenvalue weighted by Gasteiger charge is -2.24. The number of ether oxygens (including phenoxy) is 1. The molecule has 0 bridgehead atoms. The molecule has 0 spiro atoms. The standard InChI is InChI=1S/C47H83NO5/c1-4-7-10-13-16-19-22-25-28-31-34-37-40-47(52)53-43(38-35-32-29-26-23-20-17-14-11-8-5-2)41-46(51)48-44(42-49)45(50)39-36-33-30-27-24-21-18-15-12-9-6-3/h8,11,14,17,20,23,26,29,32,35,43-45,49-50H,4-7,9-10,12-13,15-16,18-19,21-22,24-25,27-28,30-31,33-34,36-42H2,1-3H3,(H,48,51)/b11-8+,17-14+,23-20-,29-26-,35-32+. The van der Waals surface area contributed by atoms with Gasteiger partial charge < -0.3 is 20.3 Å². The third-order valence-electron chi connectivity index (χ3n) is 9.74. The fourth-order valence-corrected chi connectivity index (χ4v) is 6.39. The van der Waals surface area contributed by atoms with E-state index in [1.165, 1.54) is 109 Å². The Kier molecular flexibility index (Phi) is 38.9. The largest absolute Gasteiger partial charge is 0.461 e. The second-order valence-corrected chi connectivity index (χ2v) is 14.9. The number of carbonyl (C=O) groups excluding carboxylic acids is 2. The number of esters is 1. The van der Waals surface area contributed by atoms with Crippen LogP contribution < -0.4 is 5.32 Å². The molecule has 0 radical (unpaired) electrons. The van der Waals surface area contributed by atoms with E-state index in [-0.39, 0.29) is 24.9 Å². The first-order valence-corrected chi connectivity index (χ1v) is 22.1. The lowest BCUT2D eigenvalue weighted by molar-refractivity contribution is -0.150. The van der Waals surface area contributed by atoms with Gasteiger partial charge in [-0.2, -0.15) is 0 Å². The molecule has 53 heavy (non-hydrogen) atoms. The molecule has 0 saturated heterocycles. The van der Waals surface area contributed by atoms with Gasteiger partial charge in [-0.25, -0.2) is 0 Å². The van der Waals surface area contributed by atoms with E-state index < -0.39 is 18.2 Å². The van der Waals surface area contributed by atoms with E-state index in [0.717, 1.165) is 44.9 Å². The van der Waals surface area contributed by atoms with Crippen molar-refractivity contribution in [1.82, 2.24) is 5.32 Å². The summed E-state index contributed by atoms with van der Waals surface area (Å²) in [6.45, 7) is 6.27. The van der Waals surface area contributed by atoms with E-state index in [4.69, 9.17) is 4.74 Å². The molecule has 6 heteroatoms.